The number of hydrogen-bond acceptors (Lipinski definition) is 3. The molecule has 1 heterocycles. The van der Waals surface area contributed by atoms with E-state index in [9.17, 15) is 0 Å². The molecule has 3 heteroatoms. The topological polar surface area (TPSA) is 35.3 Å². The minimum absolute atomic E-state index is 0.664. The number of benzene rings is 2. The Hall–Kier alpha value is -2.55. The van der Waals surface area contributed by atoms with Crippen LogP contribution in [-0.2, 0) is 0 Å². The van der Waals surface area contributed by atoms with E-state index in [4.69, 9.17) is 9.15 Å². The summed E-state index contributed by atoms with van der Waals surface area (Å²) in [6.07, 6.45) is 1.48. The van der Waals surface area contributed by atoms with Crippen molar-refractivity contribution in [2.45, 2.75) is 6.92 Å². The molecule has 100 valence electrons. The van der Waals surface area contributed by atoms with Crippen LogP contribution in [0.2, 0.25) is 0 Å². The molecule has 2 aromatic carbocycles. The Morgan fingerprint density at radius 1 is 0.950 bits per heavy atom. The lowest BCUT2D eigenvalue weighted by molar-refractivity contribution is 0.340. The summed E-state index contributed by atoms with van der Waals surface area (Å²) in [5, 5.41) is 0. The van der Waals surface area contributed by atoms with E-state index in [-0.39, 0.29) is 0 Å². The molecule has 0 spiro atoms. The molecular formula is C17H15NO2. The first kappa shape index (κ1) is 12.5. The summed E-state index contributed by atoms with van der Waals surface area (Å²) in [6.45, 7) is 2.63. The molecular weight excluding hydrogens is 250 g/mol. The van der Waals surface area contributed by atoms with Crippen LogP contribution in [0.1, 0.15) is 6.92 Å². The zero-order valence-corrected chi connectivity index (χ0v) is 11.2. The Balaban J connectivity index is 1.97. The van der Waals surface area contributed by atoms with E-state index in [0.29, 0.717) is 6.61 Å². The van der Waals surface area contributed by atoms with Gasteiger partial charge in [0.05, 0.1) is 6.61 Å². The van der Waals surface area contributed by atoms with Crippen LogP contribution in [0.25, 0.3) is 22.6 Å². The van der Waals surface area contributed by atoms with Gasteiger partial charge in [0.1, 0.15) is 11.4 Å². The molecule has 0 unspecified atom stereocenters. The molecule has 3 aromatic rings. The van der Waals surface area contributed by atoms with Gasteiger partial charge in [-0.3, -0.25) is 0 Å². The maximum atomic E-state index is 5.55. The molecule has 1 aromatic heterocycles. The Kier molecular flexibility index (Phi) is 3.50. The van der Waals surface area contributed by atoms with Crippen LogP contribution in [0, 0.1) is 0 Å². The lowest BCUT2D eigenvalue weighted by atomic mass is 10.1. The first-order valence-electron chi connectivity index (χ1n) is 6.60. The van der Waals surface area contributed by atoms with Gasteiger partial charge in [0.25, 0.3) is 0 Å². The smallest absolute Gasteiger partial charge is 0.182 e. The highest BCUT2D eigenvalue weighted by Crippen LogP contribution is 2.31. The Bertz CT molecular complexity index is 672. The molecule has 3 nitrogen and oxygen atoms in total. The fourth-order valence-corrected chi connectivity index (χ4v) is 2.12. The minimum atomic E-state index is 0.664. The number of nitrogens with zero attached hydrogens (tertiary/aromatic N) is 1. The third-order valence-corrected chi connectivity index (χ3v) is 3.04. The van der Waals surface area contributed by atoms with E-state index in [1.165, 1.54) is 6.39 Å². The van der Waals surface area contributed by atoms with E-state index in [2.05, 4.69) is 4.98 Å². The molecule has 0 aliphatic heterocycles. The van der Waals surface area contributed by atoms with E-state index in [1.54, 1.807) is 0 Å². The zero-order valence-electron chi connectivity index (χ0n) is 11.2. The van der Waals surface area contributed by atoms with E-state index < -0.39 is 0 Å². The zero-order chi connectivity index (χ0) is 13.8. The SMILES string of the molecule is CCOc1ccc(-c2ocnc2-c2ccccc2)cc1. The van der Waals surface area contributed by atoms with Crippen molar-refractivity contribution in [1.29, 1.82) is 0 Å². The van der Waals surface area contributed by atoms with Gasteiger partial charge in [-0.15, -0.1) is 0 Å². The third kappa shape index (κ3) is 2.43. The second-order valence-electron chi connectivity index (χ2n) is 4.35. The summed E-state index contributed by atoms with van der Waals surface area (Å²) < 4.78 is 11.0. The molecule has 0 N–H and O–H groups in total. The van der Waals surface area contributed by atoms with E-state index >= 15 is 0 Å². The lowest BCUT2D eigenvalue weighted by Crippen LogP contribution is -1.90. The van der Waals surface area contributed by atoms with Crippen LogP contribution in [0.3, 0.4) is 0 Å². The highest BCUT2D eigenvalue weighted by atomic mass is 16.5. The third-order valence-electron chi connectivity index (χ3n) is 3.04. The Morgan fingerprint density at radius 3 is 2.40 bits per heavy atom. The van der Waals surface area contributed by atoms with Crippen molar-refractivity contribution >= 4 is 0 Å². The molecule has 0 radical (unpaired) electrons. The normalized spacial score (nSPS) is 10.4. The Morgan fingerprint density at radius 2 is 1.70 bits per heavy atom. The largest absolute Gasteiger partial charge is 0.494 e. The van der Waals surface area contributed by atoms with Gasteiger partial charge in [-0.25, -0.2) is 4.98 Å². The molecule has 20 heavy (non-hydrogen) atoms. The van der Waals surface area contributed by atoms with Gasteiger partial charge in [0.2, 0.25) is 0 Å². The van der Waals surface area contributed by atoms with E-state index in [0.717, 1.165) is 28.3 Å². The predicted octanol–water partition coefficient (Wildman–Crippen LogP) is 4.41. The summed E-state index contributed by atoms with van der Waals surface area (Å²) in [4.78, 5) is 4.32. The fourth-order valence-electron chi connectivity index (χ4n) is 2.12. The molecule has 3 rings (SSSR count). The summed E-state index contributed by atoms with van der Waals surface area (Å²) in [7, 11) is 0. The summed E-state index contributed by atoms with van der Waals surface area (Å²) in [6, 6.07) is 17.9. The van der Waals surface area contributed by atoms with Crippen LogP contribution in [0.4, 0.5) is 0 Å². The van der Waals surface area contributed by atoms with Crippen molar-refractivity contribution < 1.29 is 9.15 Å². The molecule has 0 aliphatic rings. The standard InChI is InChI=1S/C17H15NO2/c1-2-19-15-10-8-14(9-11-15)17-16(18-12-20-17)13-6-4-3-5-7-13/h3-12H,2H2,1H3. The van der Waals surface area contributed by atoms with E-state index in [1.807, 2.05) is 61.5 Å². The highest BCUT2D eigenvalue weighted by Gasteiger charge is 2.12. The minimum Gasteiger partial charge on any atom is -0.494 e. The summed E-state index contributed by atoms with van der Waals surface area (Å²) >= 11 is 0. The number of hydrogen-bond donors (Lipinski definition) is 0. The van der Waals surface area contributed by atoms with Gasteiger partial charge in [-0.05, 0) is 31.2 Å². The molecule has 0 bridgehead atoms. The van der Waals surface area contributed by atoms with Crippen LogP contribution in [0.15, 0.2) is 65.4 Å². The van der Waals surface area contributed by atoms with Crippen molar-refractivity contribution in [2.24, 2.45) is 0 Å². The van der Waals surface area contributed by atoms with Crippen molar-refractivity contribution in [2.75, 3.05) is 6.61 Å². The molecule has 0 saturated heterocycles. The van der Waals surface area contributed by atoms with Crippen molar-refractivity contribution in [3.05, 3.63) is 61.0 Å². The number of oxazole rings is 1. The molecule has 0 atom stereocenters. The fraction of sp³-hybridized carbons (Fsp3) is 0.118. The maximum absolute atomic E-state index is 5.55. The van der Waals surface area contributed by atoms with Crippen LogP contribution >= 0.6 is 0 Å². The van der Waals surface area contributed by atoms with Crippen LogP contribution in [-0.4, -0.2) is 11.6 Å². The number of ether oxygens (including phenoxy) is 1. The van der Waals surface area contributed by atoms with Crippen LogP contribution < -0.4 is 4.74 Å². The maximum Gasteiger partial charge on any atom is 0.182 e. The van der Waals surface area contributed by atoms with Crippen LogP contribution in [0.5, 0.6) is 5.75 Å². The average Bonchev–Trinajstić information content (AvgIpc) is 2.99. The summed E-state index contributed by atoms with van der Waals surface area (Å²) in [5.74, 6) is 1.64. The monoisotopic (exact) mass is 265 g/mol. The Labute approximate surface area is 117 Å². The summed E-state index contributed by atoms with van der Waals surface area (Å²) in [5.41, 5.74) is 2.89. The van der Waals surface area contributed by atoms with Crippen molar-refractivity contribution in [1.82, 2.24) is 4.98 Å². The van der Waals surface area contributed by atoms with Gasteiger partial charge in [0, 0.05) is 11.1 Å². The second-order valence-corrected chi connectivity index (χ2v) is 4.35. The number of rotatable bonds is 4. The quantitative estimate of drug-likeness (QED) is 0.701. The molecule has 0 saturated carbocycles. The van der Waals surface area contributed by atoms with Gasteiger partial charge in [0.15, 0.2) is 12.2 Å². The highest BCUT2D eigenvalue weighted by molar-refractivity contribution is 5.76. The van der Waals surface area contributed by atoms with Gasteiger partial charge >= 0.3 is 0 Å². The lowest BCUT2D eigenvalue weighted by Gasteiger charge is -2.04. The van der Waals surface area contributed by atoms with Crippen molar-refractivity contribution in [3.63, 3.8) is 0 Å². The van der Waals surface area contributed by atoms with Crippen molar-refractivity contribution in [3.8, 4) is 28.3 Å². The first-order chi connectivity index (χ1) is 9.88. The van der Waals surface area contributed by atoms with Gasteiger partial charge < -0.3 is 9.15 Å². The van der Waals surface area contributed by atoms with Gasteiger partial charge in [-0.2, -0.15) is 0 Å². The number of aromatic nitrogens is 1. The average molecular weight is 265 g/mol. The second kappa shape index (κ2) is 5.61. The molecule has 0 aliphatic carbocycles. The molecule has 0 fully saturated rings. The molecule has 0 amide bonds. The predicted molar refractivity (Wildman–Crippen MR) is 78.5 cm³/mol. The first-order valence-corrected chi connectivity index (χ1v) is 6.60. The van der Waals surface area contributed by atoms with Gasteiger partial charge in [-0.1, -0.05) is 30.3 Å².